The molecule has 1 aromatic carbocycles. The highest BCUT2D eigenvalue weighted by Crippen LogP contribution is 2.28. The molecule has 6 heteroatoms. The van der Waals surface area contributed by atoms with E-state index < -0.39 is 0 Å². The molecule has 2 heterocycles. The highest BCUT2D eigenvalue weighted by Gasteiger charge is 2.17. The minimum absolute atomic E-state index is 0.0951. The smallest absolute Gasteiger partial charge is 0.249 e. The van der Waals surface area contributed by atoms with Crippen LogP contribution in [0.4, 0.5) is 5.95 Å². The van der Waals surface area contributed by atoms with Crippen LogP contribution in [0.25, 0.3) is 11.3 Å². The van der Waals surface area contributed by atoms with Gasteiger partial charge in [-0.25, -0.2) is 15.0 Å². The van der Waals surface area contributed by atoms with Gasteiger partial charge in [0.1, 0.15) is 17.9 Å². The lowest BCUT2D eigenvalue weighted by molar-refractivity contribution is 0.0254. The summed E-state index contributed by atoms with van der Waals surface area (Å²) in [5.41, 5.74) is 3.20. The molecular weight excluding hydrogens is 352 g/mol. The molecule has 0 bridgehead atoms. The number of hydrogen-bond acceptors (Lipinski definition) is 6. The van der Waals surface area contributed by atoms with Crippen LogP contribution in [0.1, 0.15) is 37.7 Å². The molecule has 2 aliphatic rings. The third-order valence-corrected chi connectivity index (χ3v) is 4.88. The van der Waals surface area contributed by atoms with Crippen LogP contribution in [-0.4, -0.2) is 35.0 Å². The van der Waals surface area contributed by atoms with Gasteiger partial charge in [-0.1, -0.05) is 12.2 Å². The molecule has 1 saturated heterocycles. The minimum atomic E-state index is 0.0951. The van der Waals surface area contributed by atoms with Crippen molar-refractivity contribution in [2.24, 2.45) is 4.99 Å². The van der Waals surface area contributed by atoms with E-state index in [-0.39, 0.29) is 6.10 Å². The molecule has 0 saturated carbocycles. The second-order valence-corrected chi connectivity index (χ2v) is 6.89. The molecule has 0 atom stereocenters. The van der Waals surface area contributed by atoms with Crippen molar-refractivity contribution in [3.63, 3.8) is 0 Å². The summed E-state index contributed by atoms with van der Waals surface area (Å²) in [4.78, 5) is 13.4. The summed E-state index contributed by atoms with van der Waals surface area (Å²) in [5.74, 6) is 1.07. The lowest BCUT2D eigenvalue weighted by Gasteiger charge is -2.23. The van der Waals surface area contributed by atoms with Crippen LogP contribution in [0.2, 0.25) is 0 Å². The lowest BCUT2D eigenvalue weighted by atomic mass is 10.1. The highest BCUT2D eigenvalue weighted by molar-refractivity contribution is 5.88. The molecule has 0 N–H and O–H groups in total. The SMILES string of the molecule is N#Cc1cc(-c2ccnc(N=C3CC=CCC3)n2)ccc1OC1CCOCC1. The van der Waals surface area contributed by atoms with Crippen molar-refractivity contribution < 1.29 is 9.47 Å². The Bertz CT molecular complexity index is 940. The standard InChI is InChI=1S/C22H22N4O2/c23-15-17-14-16(6-7-21(17)28-19-9-12-27-13-10-19)20-8-11-24-22(26-20)25-18-4-2-1-3-5-18/h1-2,6-8,11,14,19H,3-5,9-10,12-13H2. The summed E-state index contributed by atoms with van der Waals surface area (Å²) in [6.45, 7) is 1.40. The Balaban J connectivity index is 1.56. The molecule has 1 aromatic heterocycles. The van der Waals surface area contributed by atoms with Crippen molar-refractivity contribution in [1.82, 2.24) is 9.97 Å². The van der Waals surface area contributed by atoms with E-state index in [1.807, 2.05) is 24.3 Å². The second-order valence-electron chi connectivity index (χ2n) is 6.89. The van der Waals surface area contributed by atoms with Gasteiger partial charge in [-0.3, -0.25) is 0 Å². The lowest BCUT2D eigenvalue weighted by Crippen LogP contribution is -2.26. The van der Waals surface area contributed by atoms with E-state index in [4.69, 9.17) is 9.47 Å². The molecule has 28 heavy (non-hydrogen) atoms. The molecule has 4 rings (SSSR count). The number of nitrogens with zero attached hydrogens (tertiary/aromatic N) is 4. The number of ether oxygens (including phenoxy) is 2. The van der Waals surface area contributed by atoms with Gasteiger partial charge in [-0.15, -0.1) is 0 Å². The summed E-state index contributed by atoms with van der Waals surface area (Å²) in [7, 11) is 0. The van der Waals surface area contributed by atoms with Crippen molar-refractivity contribution in [3.05, 3.63) is 48.2 Å². The Morgan fingerprint density at radius 2 is 2.07 bits per heavy atom. The summed E-state index contributed by atoms with van der Waals surface area (Å²) in [5, 5.41) is 9.57. The number of aliphatic imine (C=N–C) groups is 1. The average Bonchev–Trinajstić information content (AvgIpc) is 2.76. The Morgan fingerprint density at radius 1 is 1.18 bits per heavy atom. The van der Waals surface area contributed by atoms with Crippen LogP contribution >= 0.6 is 0 Å². The van der Waals surface area contributed by atoms with Crippen molar-refractivity contribution in [2.45, 2.75) is 38.2 Å². The number of benzene rings is 1. The molecule has 0 spiro atoms. The van der Waals surface area contributed by atoms with Crippen LogP contribution in [-0.2, 0) is 4.74 Å². The summed E-state index contributed by atoms with van der Waals surface area (Å²) < 4.78 is 11.4. The predicted molar refractivity (Wildman–Crippen MR) is 107 cm³/mol. The van der Waals surface area contributed by atoms with E-state index in [0.717, 1.165) is 49.1 Å². The maximum absolute atomic E-state index is 9.57. The highest BCUT2D eigenvalue weighted by atomic mass is 16.5. The zero-order valence-corrected chi connectivity index (χ0v) is 15.7. The molecule has 1 fully saturated rings. The first kappa shape index (κ1) is 18.3. The molecule has 142 valence electrons. The molecule has 2 aromatic rings. The fourth-order valence-electron chi connectivity index (χ4n) is 3.35. The first-order valence-corrected chi connectivity index (χ1v) is 9.65. The van der Waals surface area contributed by atoms with Gasteiger partial charge in [-0.05, 0) is 37.1 Å². The topological polar surface area (TPSA) is 80.4 Å². The Hall–Kier alpha value is -3.04. The van der Waals surface area contributed by atoms with Gasteiger partial charge in [-0.2, -0.15) is 5.26 Å². The van der Waals surface area contributed by atoms with Gasteiger partial charge in [0.25, 0.3) is 0 Å². The first-order chi connectivity index (χ1) is 13.8. The third kappa shape index (κ3) is 4.44. The van der Waals surface area contributed by atoms with Gasteiger partial charge in [0.15, 0.2) is 0 Å². The fraction of sp³-hybridized carbons (Fsp3) is 0.364. The minimum Gasteiger partial charge on any atom is -0.489 e. The first-order valence-electron chi connectivity index (χ1n) is 9.65. The number of allylic oxidation sites excluding steroid dienone is 2. The second kappa shape index (κ2) is 8.77. The predicted octanol–water partition coefficient (Wildman–Crippen LogP) is 4.39. The maximum atomic E-state index is 9.57. The number of aromatic nitrogens is 2. The molecular formula is C22H22N4O2. The van der Waals surface area contributed by atoms with Crippen molar-refractivity contribution >= 4 is 11.7 Å². The van der Waals surface area contributed by atoms with Gasteiger partial charge in [0.05, 0.1) is 24.5 Å². The third-order valence-electron chi connectivity index (χ3n) is 4.88. The van der Waals surface area contributed by atoms with Crippen LogP contribution in [0.3, 0.4) is 0 Å². The molecule has 6 nitrogen and oxygen atoms in total. The van der Waals surface area contributed by atoms with E-state index in [1.165, 1.54) is 0 Å². The number of hydrogen-bond donors (Lipinski definition) is 0. The fourth-order valence-corrected chi connectivity index (χ4v) is 3.35. The molecule has 0 unspecified atom stereocenters. The van der Waals surface area contributed by atoms with E-state index >= 15 is 0 Å². The summed E-state index contributed by atoms with van der Waals surface area (Å²) >= 11 is 0. The molecule has 1 aliphatic carbocycles. The van der Waals surface area contributed by atoms with Crippen molar-refractivity contribution in [3.8, 4) is 23.1 Å². The van der Waals surface area contributed by atoms with Crippen molar-refractivity contribution in [1.29, 1.82) is 5.26 Å². The average molecular weight is 374 g/mol. The number of rotatable bonds is 4. The zero-order valence-electron chi connectivity index (χ0n) is 15.7. The van der Waals surface area contributed by atoms with E-state index in [9.17, 15) is 5.26 Å². The molecule has 1 aliphatic heterocycles. The monoisotopic (exact) mass is 374 g/mol. The molecule has 0 radical (unpaired) electrons. The van der Waals surface area contributed by atoms with Gasteiger partial charge in [0.2, 0.25) is 5.95 Å². The van der Waals surface area contributed by atoms with Gasteiger partial charge < -0.3 is 9.47 Å². The van der Waals surface area contributed by atoms with E-state index in [0.29, 0.717) is 30.5 Å². The van der Waals surface area contributed by atoms with Gasteiger partial charge >= 0.3 is 0 Å². The van der Waals surface area contributed by atoms with Crippen LogP contribution in [0, 0.1) is 11.3 Å². The Morgan fingerprint density at radius 3 is 2.86 bits per heavy atom. The Labute approximate surface area is 164 Å². The number of nitriles is 1. The molecule has 0 amide bonds. The largest absolute Gasteiger partial charge is 0.489 e. The maximum Gasteiger partial charge on any atom is 0.249 e. The van der Waals surface area contributed by atoms with Crippen molar-refractivity contribution in [2.75, 3.05) is 13.2 Å². The van der Waals surface area contributed by atoms with E-state index in [1.54, 1.807) is 6.20 Å². The quantitative estimate of drug-likeness (QED) is 0.742. The van der Waals surface area contributed by atoms with Crippen LogP contribution in [0.15, 0.2) is 47.6 Å². The van der Waals surface area contributed by atoms with E-state index in [2.05, 4.69) is 33.2 Å². The Kier molecular flexibility index (Phi) is 5.74. The van der Waals surface area contributed by atoms with Gasteiger partial charge in [0, 0.05) is 36.7 Å². The summed E-state index contributed by atoms with van der Waals surface area (Å²) in [6, 6.07) is 9.67. The van der Waals surface area contributed by atoms with Crippen LogP contribution in [0.5, 0.6) is 5.75 Å². The summed E-state index contributed by atoms with van der Waals surface area (Å²) in [6.07, 6.45) is 10.6. The zero-order chi connectivity index (χ0) is 19.2. The van der Waals surface area contributed by atoms with Crippen LogP contribution < -0.4 is 4.74 Å². The normalized spacial score (nSPS) is 18.8.